The molecule has 0 radical (unpaired) electrons. The standard InChI is InChI=1S/C16H15F2N3O3/c17-9-3-1-4-10(18)13(9)20-8-6-12(14(20)22)21-15(23)11-5-2-7-19(11)16(21)24/h1,3-4,11-12H,2,5-8H2. The third-order valence-electron chi connectivity index (χ3n) is 4.92. The zero-order valence-corrected chi connectivity index (χ0v) is 12.7. The van der Waals surface area contributed by atoms with E-state index in [4.69, 9.17) is 0 Å². The van der Waals surface area contributed by atoms with Crippen molar-refractivity contribution in [3.63, 3.8) is 0 Å². The molecule has 3 aliphatic rings. The van der Waals surface area contributed by atoms with Crippen molar-refractivity contribution in [3.8, 4) is 0 Å². The van der Waals surface area contributed by atoms with Crippen molar-refractivity contribution in [1.29, 1.82) is 0 Å². The van der Waals surface area contributed by atoms with Crippen molar-refractivity contribution >= 4 is 23.5 Å². The SMILES string of the molecule is O=C1C(N2C(=O)C3CCCN3C2=O)CCN1c1c(F)cccc1F. The molecule has 3 saturated heterocycles. The molecule has 4 amide bonds. The lowest BCUT2D eigenvalue weighted by molar-refractivity contribution is -0.133. The fourth-order valence-electron chi connectivity index (χ4n) is 3.81. The van der Waals surface area contributed by atoms with E-state index in [1.807, 2.05) is 0 Å². The van der Waals surface area contributed by atoms with E-state index in [1.165, 1.54) is 11.0 Å². The predicted molar refractivity (Wildman–Crippen MR) is 79.1 cm³/mol. The number of carbonyl (C=O) groups is 3. The van der Waals surface area contributed by atoms with E-state index in [0.717, 1.165) is 28.4 Å². The largest absolute Gasteiger partial charge is 0.328 e. The number of anilines is 1. The Morgan fingerprint density at radius 1 is 0.917 bits per heavy atom. The number of hydrogen-bond donors (Lipinski definition) is 0. The Morgan fingerprint density at radius 3 is 2.29 bits per heavy atom. The molecule has 6 nitrogen and oxygen atoms in total. The van der Waals surface area contributed by atoms with Crippen molar-refractivity contribution in [2.45, 2.75) is 31.3 Å². The number of amides is 4. The van der Waals surface area contributed by atoms with Crippen LogP contribution in [0.5, 0.6) is 0 Å². The van der Waals surface area contributed by atoms with Crippen molar-refractivity contribution < 1.29 is 23.2 Å². The quantitative estimate of drug-likeness (QED) is 0.770. The highest BCUT2D eigenvalue weighted by Crippen LogP contribution is 2.34. The number of para-hydroxylation sites is 1. The third-order valence-corrected chi connectivity index (χ3v) is 4.92. The molecular weight excluding hydrogens is 320 g/mol. The Hall–Kier alpha value is -2.51. The van der Waals surface area contributed by atoms with Crippen LogP contribution >= 0.6 is 0 Å². The summed E-state index contributed by atoms with van der Waals surface area (Å²) < 4.78 is 27.9. The van der Waals surface area contributed by atoms with E-state index in [-0.39, 0.29) is 18.9 Å². The van der Waals surface area contributed by atoms with Crippen molar-refractivity contribution in [2.24, 2.45) is 0 Å². The van der Waals surface area contributed by atoms with Gasteiger partial charge in [0.2, 0.25) is 0 Å². The van der Waals surface area contributed by atoms with Crippen LogP contribution in [0.4, 0.5) is 19.3 Å². The second kappa shape index (κ2) is 5.25. The number of nitrogens with zero attached hydrogens (tertiary/aromatic N) is 3. The van der Waals surface area contributed by atoms with Crippen LogP contribution in [-0.4, -0.2) is 52.8 Å². The van der Waals surface area contributed by atoms with Gasteiger partial charge in [0.25, 0.3) is 11.8 Å². The summed E-state index contributed by atoms with van der Waals surface area (Å²) in [6.07, 6.45) is 1.53. The minimum atomic E-state index is -0.991. The molecule has 0 spiro atoms. The summed E-state index contributed by atoms with van der Waals surface area (Å²) in [6.45, 7) is 0.557. The van der Waals surface area contributed by atoms with E-state index in [2.05, 4.69) is 0 Å². The van der Waals surface area contributed by atoms with Gasteiger partial charge in [0.05, 0.1) is 0 Å². The van der Waals surface area contributed by atoms with Gasteiger partial charge in [-0.05, 0) is 31.4 Å². The Balaban J connectivity index is 1.63. The first-order valence-electron chi connectivity index (χ1n) is 7.90. The molecule has 0 aromatic heterocycles. The van der Waals surface area contributed by atoms with Gasteiger partial charge in [-0.1, -0.05) is 6.07 Å². The lowest BCUT2D eigenvalue weighted by atomic mass is 10.1. The summed E-state index contributed by atoms with van der Waals surface area (Å²) in [7, 11) is 0. The van der Waals surface area contributed by atoms with Gasteiger partial charge in [-0.15, -0.1) is 0 Å². The van der Waals surface area contributed by atoms with Gasteiger partial charge in [0.15, 0.2) is 0 Å². The van der Waals surface area contributed by atoms with Crippen LogP contribution in [0.3, 0.4) is 0 Å². The maximum absolute atomic E-state index is 13.9. The molecule has 4 rings (SSSR count). The maximum Gasteiger partial charge on any atom is 0.328 e. The first-order chi connectivity index (χ1) is 11.5. The van der Waals surface area contributed by atoms with E-state index in [0.29, 0.717) is 13.0 Å². The molecule has 0 aliphatic carbocycles. The van der Waals surface area contributed by atoms with E-state index in [9.17, 15) is 23.2 Å². The highest BCUT2D eigenvalue weighted by molar-refractivity contribution is 6.11. The molecule has 1 aromatic carbocycles. The molecule has 8 heteroatoms. The fourth-order valence-corrected chi connectivity index (χ4v) is 3.81. The Labute approximate surface area is 136 Å². The average Bonchev–Trinajstić information content (AvgIpc) is 3.21. The number of fused-ring (bicyclic) bond motifs is 1. The minimum Gasteiger partial charge on any atom is -0.312 e. The lowest BCUT2D eigenvalue weighted by Gasteiger charge is -2.22. The Morgan fingerprint density at radius 2 is 1.62 bits per heavy atom. The molecule has 3 aliphatic heterocycles. The molecule has 3 heterocycles. The number of halogens is 2. The maximum atomic E-state index is 13.9. The van der Waals surface area contributed by atoms with Crippen molar-refractivity contribution in [2.75, 3.05) is 18.0 Å². The van der Waals surface area contributed by atoms with Crippen molar-refractivity contribution in [1.82, 2.24) is 9.80 Å². The Bertz CT molecular complexity index is 712. The van der Waals surface area contributed by atoms with Gasteiger partial charge in [-0.3, -0.25) is 9.59 Å². The first kappa shape index (κ1) is 15.0. The molecule has 0 saturated carbocycles. The zero-order valence-electron chi connectivity index (χ0n) is 12.7. The number of imide groups is 1. The van der Waals surface area contributed by atoms with Crippen LogP contribution in [-0.2, 0) is 9.59 Å². The van der Waals surface area contributed by atoms with Gasteiger partial charge in [0.1, 0.15) is 29.4 Å². The Kier molecular flexibility index (Phi) is 3.29. The molecule has 1 aromatic rings. The lowest BCUT2D eigenvalue weighted by Crippen LogP contribution is -2.46. The monoisotopic (exact) mass is 335 g/mol. The molecule has 2 atom stereocenters. The molecule has 0 N–H and O–H groups in total. The summed E-state index contributed by atoms with van der Waals surface area (Å²) in [4.78, 5) is 40.9. The first-order valence-corrected chi connectivity index (χ1v) is 7.90. The van der Waals surface area contributed by atoms with Crippen LogP contribution in [0.2, 0.25) is 0 Å². The highest BCUT2D eigenvalue weighted by atomic mass is 19.1. The second-order valence-electron chi connectivity index (χ2n) is 6.21. The second-order valence-corrected chi connectivity index (χ2v) is 6.21. The number of rotatable bonds is 2. The number of carbonyl (C=O) groups excluding carboxylic acids is 3. The van der Waals surface area contributed by atoms with Gasteiger partial charge in [-0.25, -0.2) is 18.5 Å². The number of urea groups is 1. The normalized spacial score (nSPS) is 26.8. The third kappa shape index (κ3) is 1.95. The number of benzene rings is 1. The predicted octanol–water partition coefficient (Wildman–Crippen LogP) is 1.50. The summed E-state index contributed by atoms with van der Waals surface area (Å²) in [5, 5.41) is 0. The van der Waals surface area contributed by atoms with Crippen LogP contribution < -0.4 is 4.90 Å². The summed E-state index contributed by atoms with van der Waals surface area (Å²) in [5.41, 5.74) is -0.426. The summed E-state index contributed by atoms with van der Waals surface area (Å²) in [5.74, 6) is -2.69. The molecule has 3 fully saturated rings. The van der Waals surface area contributed by atoms with Gasteiger partial charge < -0.3 is 9.80 Å². The minimum absolute atomic E-state index is 0.0586. The van der Waals surface area contributed by atoms with E-state index in [1.54, 1.807) is 0 Å². The average molecular weight is 335 g/mol. The topological polar surface area (TPSA) is 60.9 Å². The van der Waals surface area contributed by atoms with Gasteiger partial charge >= 0.3 is 6.03 Å². The summed E-state index contributed by atoms with van der Waals surface area (Å²) >= 11 is 0. The zero-order chi connectivity index (χ0) is 17.0. The van der Waals surface area contributed by atoms with Gasteiger partial charge in [-0.2, -0.15) is 0 Å². The van der Waals surface area contributed by atoms with Crippen LogP contribution in [0.15, 0.2) is 18.2 Å². The molecule has 0 bridgehead atoms. The summed E-state index contributed by atoms with van der Waals surface area (Å²) in [6, 6.07) is 1.40. The highest BCUT2D eigenvalue weighted by Gasteiger charge is 2.53. The van der Waals surface area contributed by atoms with Crippen LogP contribution in [0.1, 0.15) is 19.3 Å². The fraction of sp³-hybridized carbons (Fsp3) is 0.438. The smallest absolute Gasteiger partial charge is 0.312 e. The van der Waals surface area contributed by atoms with Gasteiger partial charge in [0, 0.05) is 13.1 Å². The van der Waals surface area contributed by atoms with E-state index < -0.39 is 41.3 Å². The molecule has 24 heavy (non-hydrogen) atoms. The van der Waals surface area contributed by atoms with E-state index >= 15 is 0 Å². The molecular formula is C16H15F2N3O3. The van der Waals surface area contributed by atoms with Crippen LogP contribution in [0, 0.1) is 11.6 Å². The number of hydrogen-bond acceptors (Lipinski definition) is 3. The molecule has 126 valence electrons. The van der Waals surface area contributed by atoms with Crippen molar-refractivity contribution in [3.05, 3.63) is 29.8 Å². The van der Waals surface area contributed by atoms with Crippen LogP contribution in [0.25, 0.3) is 0 Å². The molecule has 2 unspecified atom stereocenters.